The Morgan fingerprint density at radius 3 is 2.71 bits per heavy atom. The van der Waals surface area contributed by atoms with Crippen LogP contribution < -0.4 is 4.57 Å². The Bertz CT molecular complexity index is 263. The van der Waals surface area contributed by atoms with Gasteiger partial charge in [0.05, 0.1) is 13.6 Å². The Labute approximate surface area is 86.9 Å². The van der Waals surface area contributed by atoms with Crippen molar-refractivity contribution in [2.45, 2.75) is 38.6 Å². The van der Waals surface area contributed by atoms with Gasteiger partial charge in [0.15, 0.2) is 0 Å². The summed E-state index contributed by atoms with van der Waals surface area (Å²) < 4.78 is 4.32. The van der Waals surface area contributed by atoms with Crippen LogP contribution >= 0.6 is 0 Å². The van der Waals surface area contributed by atoms with E-state index in [1.54, 1.807) is 0 Å². The number of imidazole rings is 1. The lowest BCUT2D eigenvalue weighted by Gasteiger charge is -1.97. The average molecular weight is 193 g/mol. The van der Waals surface area contributed by atoms with E-state index in [0.717, 1.165) is 6.54 Å². The quantitative estimate of drug-likeness (QED) is 0.357. The Morgan fingerprint density at radius 2 is 2.07 bits per heavy atom. The summed E-state index contributed by atoms with van der Waals surface area (Å²) in [5.41, 5.74) is 0. The van der Waals surface area contributed by atoms with E-state index >= 15 is 0 Å². The van der Waals surface area contributed by atoms with Gasteiger partial charge in [-0.15, -0.1) is 6.58 Å². The van der Waals surface area contributed by atoms with Crippen LogP contribution in [0.15, 0.2) is 31.4 Å². The minimum Gasteiger partial charge on any atom is -0.240 e. The second-order valence-electron chi connectivity index (χ2n) is 3.81. The fourth-order valence-corrected chi connectivity index (χ4v) is 1.57. The molecule has 0 amide bonds. The van der Waals surface area contributed by atoms with E-state index < -0.39 is 0 Å². The lowest BCUT2D eigenvalue weighted by Crippen LogP contribution is -2.23. The Kier molecular flexibility index (Phi) is 5.05. The average Bonchev–Trinajstić information content (AvgIpc) is 2.58. The maximum absolute atomic E-state index is 3.72. The number of aromatic nitrogens is 2. The highest BCUT2D eigenvalue weighted by atomic mass is 15.1. The summed E-state index contributed by atoms with van der Waals surface area (Å²) in [5.74, 6) is 0. The van der Waals surface area contributed by atoms with Gasteiger partial charge in [0.25, 0.3) is 0 Å². The van der Waals surface area contributed by atoms with Crippen molar-refractivity contribution in [3.63, 3.8) is 0 Å². The molecule has 0 saturated carbocycles. The smallest absolute Gasteiger partial charge is 0.240 e. The van der Waals surface area contributed by atoms with Crippen LogP contribution in [0.2, 0.25) is 0 Å². The standard InChI is InChI=1S/C12H21N2/c1-3-4-5-6-7-8-9-14-11-10-13(2)12-14/h3,10-12H,1,4-9H2,2H3/q+1. The molecule has 1 aromatic heterocycles. The summed E-state index contributed by atoms with van der Waals surface area (Å²) in [6.07, 6.45) is 14.7. The third-order valence-corrected chi connectivity index (χ3v) is 2.40. The first kappa shape index (κ1) is 11.0. The molecular weight excluding hydrogens is 172 g/mol. The molecule has 0 fully saturated rings. The fraction of sp³-hybridized carbons (Fsp3) is 0.583. The molecule has 0 bridgehead atoms. The highest BCUT2D eigenvalue weighted by Gasteiger charge is 1.98. The molecule has 1 aromatic rings. The van der Waals surface area contributed by atoms with E-state index in [9.17, 15) is 0 Å². The molecule has 14 heavy (non-hydrogen) atoms. The largest absolute Gasteiger partial charge is 0.243 e. The molecule has 0 radical (unpaired) electrons. The number of unbranched alkanes of at least 4 members (excludes halogenated alkanes) is 4. The summed E-state index contributed by atoms with van der Waals surface area (Å²) in [6.45, 7) is 4.87. The normalized spacial score (nSPS) is 10.4. The van der Waals surface area contributed by atoms with Gasteiger partial charge in [-0.25, -0.2) is 9.13 Å². The zero-order valence-corrected chi connectivity index (χ0v) is 9.15. The molecule has 0 saturated heterocycles. The van der Waals surface area contributed by atoms with Gasteiger partial charge in [0, 0.05) is 0 Å². The fourth-order valence-electron chi connectivity index (χ4n) is 1.57. The molecular formula is C12H21N2+. The molecule has 0 N–H and O–H groups in total. The summed E-state index contributed by atoms with van der Waals surface area (Å²) in [6, 6.07) is 0. The predicted octanol–water partition coefficient (Wildman–Crippen LogP) is 2.45. The van der Waals surface area contributed by atoms with Gasteiger partial charge >= 0.3 is 0 Å². The van der Waals surface area contributed by atoms with E-state index in [1.807, 2.05) is 6.08 Å². The summed E-state index contributed by atoms with van der Waals surface area (Å²) >= 11 is 0. The van der Waals surface area contributed by atoms with Crippen LogP contribution in [0.5, 0.6) is 0 Å². The number of allylic oxidation sites excluding steroid dienone is 1. The second-order valence-corrected chi connectivity index (χ2v) is 3.81. The van der Waals surface area contributed by atoms with Crippen LogP contribution in [0.1, 0.15) is 32.1 Å². The molecule has 0 spiro atoms. The highest BCUT2D eigenvalue weighted by molar-refractivity contribution is 4.67. The molecule has 0 aliphatic rings. The van der Waals surface area contributed by atoms with E-state index in [0.29, 0.717) is 0 Å². The topological polar surface area (TPSA) is 8.81 Å². The third-order valence-electron chi connectivity index (χ3n) is 2.40. The van der Waals surface area contributed by atoms with Crippen molar-refractivity contribution in [3.05, 3.63) is 31.4 Å². The Morgan fingerprint density at radius 1 is 1.29 bits per heavy atom. The van der Waals surface area contributed by atoms with E-state index in [1.165, 1.54) is 32.1 Å². The van der Waals surface area contributed by atoms with Gasteiger partial charge in [0.1, 0.15) is 12.4 Å². The number of rotatable bonds is 7. The molecule has 0 atom stereocenters. The van der Waals surface area contributed by atoms with Crippen molar-refractivity contribution in [1.82, 2.24) is 4.57 Å². The van der Waals surface area contributed by atoms with Crippen molar-refractivity contribution < 1.29 is 4.57 Å². The van der Waals surface area contributed by atoms with Crippen LogP contribution in [0.25, 0.3) is 0 Å². The molecule has 1 rings (SSSR count). The lowest BCUT2D eigenvalue weighted by molar-refractivity contribution is -0.671. The number of hydrogen-bond donors (Lipinski definition) is 0. The first-order valence-electron chi connectivity index (χ1n) is 5.45. The van der Waals surface area contributed by atoms with E-state index in [4.69, 9.17) is 0 Å². The Hall–Kier alpha value is -1.05. The maximum Gasteiger partial charge on any atom is 0.243 e. The van der Waals surface area contributed by atoms with Crippen molar-refractivity contribution in [2.24, 2.45) is 7.05 Å². The van der Waals surface area contributed by atoms with Crippen molar-refractivity contribution in [3.8, 4) is 0 Å². The van der Waals surface area contributed by atoms with Gasteiger partial charge in [-0.05, 0) is 25.7 Å². The third kappa shape index (κ3) is 4.26. The van der Waals surface area contributed by atoms with Gasteiger partial charge < -0.3 is 0 Å². The van der Waals surface area contributed by atoms with Gasteiger partial charge in [-0.1, -0.05) is 12.5 Å². The highest BCUT2D eigenvalue weighted by Crippen LogP contribution is 2.04. The van der Waals surface area contributed by atoms with Crippen molar-refractivity contribution in [2.75, 3.05) is 0 Å². The first-order chi connectivity index (χ1) is 6.83. The molecule has 0 aliphatic heterocycles. The maximum atomic E-state index is 3.72. The van der Waals surface area contributed by atoms with Crippen LogP contribution in [-0.2, 0) is 13.6 Å². The molecule has 1 heterocycles. The van der Waals surface area contributed by atoms with Gasteiger partial charge in [-0.2, -0.15) is 0 Å². The predicted molar refractivity (Wildman–Crippen MR) is 58.9 cm³/mol. The van der Waals surface area contributed by atoms with Crippen LogP contribution in [0, 0.1) is 0 Å². The van der Waals surface area contributed by atoms with Gasteiger partial charge in [0.2, 0.25) is 6.33 Å². The number of nitrogens with zero attached hydrogens (tertiary/aromatic N) is 2. The number of aryl methyl sites for hydroxylation is 2. The zero-order valence-electron chi connectivity index (χ0n) is 9.15. The minimum atomic E-state index is 1.15. The van der Waals surface area contributed by atoms with E-state index in [2.05, 4.69) is 41.5 Å². The van der Waals surface area contributed by atoms with Crippen LogP contribution in [0.3, 0.4) is 0 Å². The number of hydrogen-bond acceptors (Lipinski definition) is 0. The summed E-state index contributed by atoms with van der Waals surface area (Å²) in [5, 5.41) is 0. The lowest BCUT2D eigenvalue weighted by atomic mass is 10.1. The van der Waals surface area contributed by atoms with E-state index in [-0.39, 0.29) is 0 Å². The van der Waals surface area contributed by atoms with Crippen molar-refractivity contribution >= 4 is 0 Å². The molecule has 78 valence electrons. The first-order valence-corrected chi connectivity index (χ1v) is 5.45. The summed E-state index contributed by atoms with van der Waals surface area (Å²) in [7, 11) is 2.06. The summed E-state index contributed by atoms with van der Waals surface area (Å²) in [4.78, 5) is 0. The van der Waals surface area contributed by atoms with Gasteiger partial charge in [-0.3, -0.25) is 0 Å². The minimum absolute atomic E-state index is 1.15. The zero-order chi connectivity index (χ0) is 10.2. The molecule has 0 aromatic carbocycles. The molecule has 0 aliphatic carbocycles. The van der Waals surface area contributed by atoms with Crippen LogP contribution in [0.4, 0.5) is 0 Å². The molecule has 2 heteroatoms. The molecule has 0 unspecified atom stereocenters. The SMILES string of the molecule is C=CCCCCCCn1cc[n+](C)c1. The monoisotopic (exact) mass is 193 g/mol. The van der Waals surface area contributed by atoms with Crippen molar-refractivity contribution in [1.29, 1.82) is 0 Å². The van der Waals surface area contributed by atoms with Crippen LogP contribution in [-0.4, -0.2) is 4.57 Å². The second kappa shape index (κ2) is 6.41. The Balaban J connectivity index is 2.01. The molecule has 2 nitrogen and oxygen atoms in total.